The monoisotopic (exact) mass is 363 g/mol. The zero-order valence-corrected chi connectivity index (χ0v) is 15.0. The molecule has 4 nitrogen and oxygen atoms in total. The Bertz CT molecular complexity index is 1140. The third kappa shape index (κ3) is 3.32. The Balaban J connectivity index is 2.36. The van der Waals surface area contributed by atoms with Gasteiger partial charge in [-0.25, -0.2) is 0 Å². The van der Waals surface area contributed by atoms with Crippen molar-refractivity contribution in [2.75, 3.05) is 0 Å². The SMILES string of the molecule is CCc1ccc(-n2c(=C(C#N)C#N)sc(=Cc3ccsc3)c2=O)cc1. The number of rotatable bonds is 3. The molecule has 0 aliphatic rings. The molecular formula is C19H13N3OS2. The van der Waals surface area contributed by atoms with Crippen molar-refractivity contribution in [3.05, 3.63) is 71.8 Å². The van der Waals surface area contributed by atoms with Gasteiger partial charge in [-0.05, 0) is 52.6 Å². The van der Waals surface area contributed by atoms with Gasteiger partial charge < -0.3 is 0 Å². The van der Waals surface area contributed by atoms with Crippen LogP contribution in [-0.2, 0) is 6.42 Å². The van der Waals surface area contributed by atoms with E-state index in [2.05, 4.69) is 6.92 Å². The van der Waals surface area contributed by atoms with Crippen molar-refractivity contribution in [3.8, 4) is 17.8 Å². The fourth-order valence-electron chi connectivity index (χ4n) is 2.39. The molecule has 0 aliphatic heterocycles. The fraction of sp³-hybridized carbons (Fsp3) is 0.105. The third-order valence-corrected chi connectivity index (χ3v) is 5.50. The lowest BCUT2D eigenvalue weighted by atomic mass is 10.1. The highest BCUT2D eigenvalue weighted by Gasteiger charge is 2.11. The smallest absolute Gasteiger partial charge is 0.267 e. The fourth-order valence-corrected chi connectivity index (χ4v) is 4.07. The quantitative estimate of drug-likeness (QED) is 0.718. The molecule has 0 N–H and O–H groups in total. The van der Waals surface area contributed by atoms with Crippen LogP contribution in [0.1, 0.15) is 18.1 Å². The van der Waals surface area contributed by atoms with Crippen LogP contribution < -0.4 is 14.8 Å². The number of hydrogen-bond donors (Lipinski definition) is 0. The molecule has 0 radical (unpaired) electrons. The summed E-state index contributed by atoms with van der Waals surface area (Å²) in [5.41, 5.74) is 2.45. The van der Waals surface area contributed by atoms with Gasteiger partial charge in [0.15, 0.2) is 5.57 Å². The van der Waals surface area contributed by atoms with E-state index in [0.717, 1.165) is 28.9 Å². The van der Waals surface area contributed by atoms with Crippen LogP contribution in [0.2, 0.25) is 0 Å². The van der Waals surface area contributed by atoms with Crippen LogP contribution in [0.3, 0.4) is 0 Å². The van der Waals surface area contributed by atoms with Crippen LogP contribution in [0.4, 0.5) is 0 Å². The molecule has 0 bridgehead atoms. The largest absolute Gasteiger partial charge is 0.273 e. The lowest BCUT2D eigenvalue weighted by Gasteiger charge is -2.03. The summed E-state index contributed by atoms with van der Waals surface area (Å²) in [7, 11) is 0. The average Bonchev–Trinajstić information content (AvgIpc) is 3.26. The van der Waals surface area contributed by atoms with Crippen molar-refractivity contribution in [2.45, 2.75) is 13.3 Å². The van der Waals surface area contributed by atoms with Gasteiger partial charge in [0.1, 0.15) is 16.8 Å². The maximum absolute atomic E-state index is 12.9. The topological polar surface area (TPSA) is 69.6 Å². The van der Waals surface area contributed by atoms with Gasteiger partial charge in [-0.3, -0.25) is 9.36 Å². The third-order valence-electron chi connectivity index (χ3n) is 3.70. The molecule has 1 aromatic carbocycles. The summed E-state index contributed by atoms with van der Waals surface area (Å²) in [5.74, 6) is 0. The first-order chi connectivity index (χ1) is 12.2. The molecule has 2 aromatic heterocycles. The van der Waals surface area contributed by atoms with Crippen LogP contribution in [0.5, 0.6) is 0 Å². The number of nitriles is 2. The number of thiophene rings is 1. The minimum absolute atomic E-state index is 0.0633. The van der Waals surface area contributed by atoms with Gasteiger partial charge in [0.25, 0.3) is 5.56 Å². The standard InChI is InChI=1S/C19H13N3OS2/c1-2-13-3-5-16(6-4-13)22-18(23)17(9-14-7-8-24-12-14)25-19(22)15(10-20)11-21/h3-9,12H,2H2,1H3. The summed E-state index contributed by atoms with van der Waals surface area (Å²) >= 11 is 2.71. The first kappa shape index (κ1) is 16.9. The Labute approximate surface area is 152 Å². The molecule has 25 heavy (non-hydrogen) atoms. The van der Waals surface area contributed by atoms with E-state index in [4.69, 9.17) is 0 Å². The molecular weight excluding hydrogens is 350 g/mol. The van der Waals surface area contributed by atoms with Crippen molar-refractivity contribution in [2.24, 2.45) is 0 Å². The van der Waals surface area contributed by atoms with Crippen molar-refractivity contribution in [3.63, 3.8) is 0 Å². The van der Waals surface area contributed by atoms with E-state index in [1.807, 2.05) is 53.2 Å². The summed E-state index contributed by atoms with van der Waals surface area (Å²) in [5, 5.41) is 22.4. The summed E-state index contributed by atoms with van der Waals surface area (Å²) in [4.78, 5) is 12.9. The second-order valence-corrected chi connectivity index (χ2v) is 7.04. The number of thiazole rings is 1. The molecule has 0 atom stereocenters. The van der Waals surface area contributed by atoms with Gasteiger partial charge in [0.05, 0.1) is 10.2 Å². The second-order valence-electron chi connectivity index (χ2n) is 5.23. The predicted molar refractivity (Wildman–Crippen MR) is 101 cm³/mol. The van der Waals surface area contributed by atoms with Crippen molar-refractivity contribution in [1.82, 2.24) is 4.57 Å². The number of aryl methyl sites for hydroxylation is 1. The van der Waals surface area contributed by atoms with Crippen LogP contribution in [0.15, 0.2) is 45.9 Å². The molecule has 0 aliphatic carbocycles. The van der Waals surface area contributed by atoms with Gasteiger partial charge in [-0.1, -0.05) is 19.1 Å². The Morgan fingerprint density at radius 1 is 1.20 bits per heavy atom. The van der Waals surface area contributed by atoms with Crippen LogP contribution in [0.25, 0.3) is 17.3 Å². The molecule has 3 rings (SSSR count). The van der Waals surface area contributed by atoms with Gasteiger partial charge in [0, 0.05) is 0 Å². The second kappa shape index (κ2) is 7.31. The first-order valence-electron chi connectivity index (χ1n) is 7.57. The molecule has 0 unspecified atom stereocenters. The zero-order chi connectivity index (χ0) is 17.8. The molecule has 6 heteroatoms. The van der Waals surface area contributed by atoms with E-state index in [0.29, 0.717) is 14.9 Å². The van der Waals surface area contributed by atoms with Gasteiger partial charge in [0.2, 0.25) is 0 Å². The highest BCUT2D eigenvalue weighted by Crippen LogP contribution is 2.09. The van der Waals surface area contributed by atoms with Crippen LogP contribution in [0, 0.1) is 22.7 Å². The van der Waals surface area contributed by atoms with E-state index in [9.17, 15) is 15.3 Å². The Morgan fingerprint density at radius 2 is 1.92 bits per heavy atom. The lowest BCUT2D eigenvalue weighted by molar-refractivity contribution is 0.983. The molecule has 0 amide bonds. The summed E-state index contributed by atoms with van der Waals surface area (Å²) in [6.45, 7) is 2.06. The first-order valence-corrected chi connectivity index (χ1v) is 9.33. The Hall–Kier alpha value is -2.93. The summed E-state index contributed by atoms with van der Waals surface area (Å²) < 4.78 is 2.31. The van der Waals surface area contributed by atoms with E-state index >= 15 is 0 Å². The van der Waals surface area contributed by atoms with Gasteiger partial charge in [-0.2, -0.15) is 21.9 Å². The van der Waals surface area contributed by atoms with E-state index < -0.39 is 0 Å². The highest BCUT2D eigenvalue weighted by molar-refractivity contribution is 7.08. The number of hydrogen-bond acceptors (Lipinski definition) is 5. The maximum atomic E-state index is 12.9. The molecule has 0 saturated heterocycles. The molecule has 0 fully saturated rings. The number of benzene rings is 1. The zero-order valence-electron chi connectivity index (χ0n) is 13.4. The van der Waals surface area contributed by atoms with Gasteiger partial charge >= 0.3 is 0 Å². The molecule has 3 aromatic rings. The van der Waals surface area contributed by atoms with Crippen LogP contribution >= 0.6 is 22.7 Å². The Kier molecular flexibility index (Phi) is 4.95. The van der Waals surface area contributed by atoms with E-state index in [1.54, 1.807) is 17.4 Å². The molecule has 122 valence electrons. The number of aromatic nitrogens is 1. The number of nitrogens with zero attached hydrogens (tertiary/aromatic N) is 3. The normalized spacial score (nSPS) is 11.1. The van der Waals surface area contributed by atoms with Crippen molar-refractivity contribution in [1.29, 1.82) is 10.5 Å². The minimum atomic E-state index is -0.224. The lowest BCUT2D eigenvalue weighted by Crippen LogP contribution is -2.30. The average molecular weight is 363 g/mol. The van der Waals surface area contributed by atoms with Crippen molar-refractivity contribution >= 4 is 34.3 Å². The van der Waals surface area contributed by atoms with Gasteiger partial charge in [-0.15, -0.1) is 11.3 Å². The van der Waals surface area contributed by atoms with E-state index in [1.165, 1.54) is 4.57 Å². The van der Waals surface area contributed by atoms with E-state index in [-0.39, 0.29) is 11.1 Å². The summed E-state index contributed by atoms with van der Waals surface area (Å²) in [6, 6.07) is 13.3. The predicted octanol–water partition coefficient (Wildman–Crippen LogP) is 2.55. The van der Waals surface area contributed by atoms with Crippen LogP contribution in [-0.4, -0.2) is 4.57 Å². The molecule has 2 heterocycles. The Morgan fingerprint density at radius 3 is 2.48 bits per heavy atom. The van der Waals surface area contributed by atoms with Crippen molar-refractivity contribution < 1.29 is 0 Å². The molecule has 0 saturated carbocycles. The minimum Gasteiger partial charge on any atom is -0.267 e. The maximum Gasteiger partial charge on any atom is 0.273 e. The summed E-state index contributed by atoms with van der Waals surface area (Å²) in [6.07, 6.45) is 2.69. The highest BCUT2D eigenvalue weighted by atomic mass is 32.1. The molecule has 0 spiro atoms.